The van der Waals surface area contributed by atoms with E-state index in [-0.39, 0.29) is 24.8 Å². The minimum atomic E-state index is -1.45. The van der Waals surface area contributed by atoms with Crippen LogP contribution in [-0.4, -0.2) is 58.2 Å². The van der Waals surface area contributed by atoms with E-state index >= 15 is 0 Å². The van der Waals surface area contributed by atoms with E-state index < -0.39 is 17.5 Å². The Hall–Kier alpha value is -3.23. The maximum atomic E-state index is 12.7. The molecule has 3 heterocycles. The highest BCUT2D eigenvalue weighted by molar-refractivity contribution is 6.08. The van der Waals surface area contributed by atoms with Crippen molar-refractivity contribution in [2.75, 3.05) is 20.2 Å². The summed E-state index contributed by atoms with van der Waals surface area (Å²) < 4.78 is 6.67. The molecule has 4 amide bonds. The van der Waals surface area contributed by atoms with Gasteiger partial charge in [0.2, 0.25) is 5.91 Å². The first kappa shape index (κ1) is 18.1. The standard InChI is InChI=1S/C19H22N4O5/c1-28-13-5-4-12-10-23(16(25)14(12)8-13)11-19(17(26)20-18(27)21-19)9-15(24)22-6-2-3-7-22/h4-5,8,10,25H,2-3,6-7,9,11H2,1H3,(H2,20,21,26,27). The summed E-state index contributed by atoms with van der Waals surface area (Å²) in [7, 11) is 1.53. The van der Waals surface area contributed by atoms with Gasteiger partial charge in [0.05, 0.1) is 20.1 Å². The predicted octanol–water partition coefficient (Wildman–Crippen LogP) is 0.946. The monoisotopic (exact) mass is 386 g/mol. The Labute approximate surface area is 161 Å². The van der Waals surface area contributed by atoms with Crippen LogP contribution in [0.5, 0.6) is 11.6 Å². The average molecular weight is 386 g/mol. The topological polar surface area (TPSA) is 113 Å². The van der Waals surface area contributed by atoms with Crippen molar-refractivity contribution in [2.45, 2.75) is 31.3 Å². The van der Waals surface area contributed by atoms with Crippen LogP contribution in [0.15, 0.2) is 24.4 Å². The molecule has 3 N–H and O–H groups in total. The van der Waals surface area contributed by atoms with Crippen LogP contribution in [-0.2, 0) is 16.1 Å². The Morgan fingerprint density at radius 3 is 2.68 bits per heavy atom. The van der Waals surface area contributed by atoms with Crippen molar-refractivity contribution >= 4 is 28.6 Å². The number of imide groups is 1. The molecule has 0 radical (unpaired) electrons. The van der Waals surface area contributed by atoms with Crippen LogP contribution in [0.3, 0.4) is 0 Å². The summed E-state index contributed by atoms with van der Waals surface area (Å²) in [5, 5.41) is 16.8. The first-order valence-corrected chi connectivity index (χ1v) is 9.19. The Morgan fingerprint density at radius 2 is 2.04 bits per heavy atom. The number of ether oxygens (including phenoxy) is 1. The molecule has 1 atom stereocenters. The number of likely N-dealkylation sites (tertiary alicyclic amines) is 1. The summed E-state index contributed by atoms with van der Waals surface area (Å²) in [4.78, 5) is 38.9. The Kier molecular flexibility index (Phi) is 4.37. The third-order valence-electron chi connectivity index (χ3n) is 5.43. The van der Waals surface area contributed by atoms with Crippen molar-refractivity contribution in [2.24, 2.45) is 0 Å². The number of aromatic nitrogens is 1. The van der Waals surface area contributed by atoms with Crippen LogP contribution >= 0.6 is 0 Å². The molecule has 2 fully saturated rings. The second-order valence-corrected chi connectivity index (χ2v) is 7.29. The summed E-state index contributed by atoms with van der Waals surface area (Å²) in [6.45, 7) is 1.25. The number of aromatic hydroxyl groups is 1. The average Bonchev–Trinajstić information content (AvgIpc) is 3.36. The van der Waals surface area contributed by atoms with Crippen LogP contribution < -0.4 is 15.4 Å². The molecule has 1 unspecified atom stereocenters. The number of nitrogens with zero attached hydrogens (tertiary/aromatic N) is 2. The summed E-state index contributed by atoms with van der Waals surface area (Å²) in [5.41, 5.74) is -1.45. The SMILES string of the molecule is COc1ccc2cn(CC3(CC(=O)N4CCCC4)NC(=O)NC3=O)c(O)c2c1. The number of rotatable bonds is 5. The molecule has 2 aliphatic heterocycles. The lowest BCUT2D eigenvalue weighted by Crippen LogP contribution is -2.53. The van der Waals surface area contributed by atoms with Crippen molar-refractivity contribution in [3.8, 4) is 11.6 Å². The Morgan fingerprint density at radius 1 is 1.29 bits per heavy atom. The second-order valence-electron chi connectivity index (χ2n) is 7.29. The number of carbonyl (C=O) groups is 3. The fourth-order valence-electron chi connectivity index (χ4n) is 3.92. The number of hydrogen-bond acceptors (Lipinski definition) is 5. The smallest absolute Gasteiger partial charge is 0.322 e. The first-order chi connectivity index (χ1) is 13.4. The zero-order valence-corrected chi connectivity index (χ0v) is 15.5. The van der Waals surface area contributed by atoms with Gasteiger partial charge in [-0.25, -0.2) is 4.79 Å². The third kappa shape index (κ3) is 3.02. The largest absolute Gasteiger partial charge is 0.497 e. The molecule has 4 rings (SSSR count). The molecule has 1 aromatic carbocycles. The van der Waals surface area contributed by atoms with E-state index in [0.29, 0.717) is 24.2 Å². The highest BCUT2D eigenvalue weighted by atomic mass is 16.5. The number of amides is 4. The zero-order valence-electron chi connectivity index (χ0n) is 15.5. The Bertz CT molecular complexity index is 963. The summed E-state index contributed by atoms with van der Waals surface area (Å²) in [6.07, 6.45) is 3.39. The molecule has 2 aromatic rings. The third-order valence-corrected chi connectivity index (χ3v) is 5.43. The van der Waals surface area contributed by atoms with Crippen molar-refractivity contribution in [3.63, 3.8) is 0 Å². The van der Waals surface area contributed by atoms with Crippen molar-refractivity contribution in [3.05, 3.63) is 24.4 Å². The predicted molar refractivity (Wildman–Crippen MR) is 100.0 cm³/mol. The van der Waals surface area contributed by atoms with Gasteiger partial charge in [-0.05, 0) is 31.0 Å². The van der Waals surface area contributed by atoms with Crippen LogP contribution in [0.2, 0.25) is 0 Å². The van der Waals surface area contributed by atoms with E-state index in [1.54, 1.807) is 29.3 Å². The van der Waals surface area contributed by atoms with Crippen LogP contribution in [0, 0.1) is 0 Å². The van der Waals surface area contributed by atoms with Crippen LogP contribution in [0.25, 0.3) is 10.8 Å². The second kappa shape index (κ2) is 6.74. The fraction of sp³-hybridized carbons (Fsp3) is 0.421. The van der Waals surface area contributed by atoms with Gasteiger partial charge in [0, 0.05) is 30.1 Å². The number of hydrogen-bond donors (Lipinski definition) is 3. The molecule has 2 aliphatic rings. The van der Waals surface area contributed by atoms with Gasteiger partial charge < -0.3 is 24.6 Å². The molecule has 0 aliphatic carbocycles. The lowest BCUT2D eigenvalue weighted by atomic mass is 9.94. The minimum Gasteiger partial charge on any atom is -0.497 e. The van der Waals surface area contributed by atoms with Gasteiger partial charge in [-0.1, -0.05) is 0 Å². The van der Waals surface area contributed by atoms with Gasteiger partial charge in [-0.15, -0.1) is 0 Å². The van der Waals surface area contributed by atoms with Crippen LogP contribution in [0.1, 0.15) is 19.3 Å². The lowest BCUT2D eigenvalue weighted by molar-refractivity contribution is -0.136. The molecule has 0 saturated carbocycles. The molecular formula is C19H22N4O5. The molecule has 0 bridgehead atoms. The number of fused-ring (bicyclic) bond motifs is 1. The molecule has 148 valence electrons. The molecule has 2 saturated heterocycles. The molecule has 9 nitrogen and oxygen atoms in total. The van der Waals surface area contributed by atoms with Gasteiger partial charge in [-0.2, -0.15) is 0 Å². The van der Waals surface area contributed by atoms with Gasteiger partial charge in [0.25, 0.3) is 5.91 Å². The van der Waals surface area contributed by atoms with E-state index in [1.807, 2.05) is 0 Å². The fourth-order valence-corrected chi connectivity index (χ4v) is 3.92. The number of carbonyl (C=O) groups excluding carboxylic acids is 3. The summed E-state index contributed by atoms with van der Waals surface area (Å²) in [6, 6.07) is 4.61. The quantitative estimate of drug-likeness (QED) is 0.662. The number of methoxy groups -OCH3 is 1. The highest BCUT2D eigenvalue weighted by Gasteiger charge is 2.49. The maximum Gasteiger partial charge on any atom is 0.322 e. The Balaban J connectivity index is 1.67. The van der Waals surface area contributed by atoms with Crippen molar-refractivity contribution in [1.82, 2.24) is 20.1 Å². The lowest BCUT2D eigenvalue weighted by Gasteiger charge is -2.28. The highest BCUT2D eigenvalue weighted by Crippen LogP contribution is 2.33. The zero-order chi connectivity index (χ0) is 19.9. The van der Waals surface area contributed by atoms with Gasteiger partial charge in [-0.3, -0.25) is 14.9 Å². The number of nitrogens with one attached hydrogen (secondary N) is 2. The number of benzene rings is 1. The van der Waals surface area contributed by atoms with E-state index in [4.69, 9.17) is 4.74 Å². The molecule has 0 spiro atoms. The summed E-state index contributed by atoms with van der Waals surface area (Å²) in [5.74, 6) is -0.227. The van der Waals surface area contributed by atoms with E-state index in [2.05, 4.69) is 10.6 Å². The van der Waals surface area contributed by atoms with Crippen molar-refractivity contribution in [1.29, 1.82) is 0 Å². The van der Waals surface area contributed by atoms with Crippen molar-refractivity contribution < 1.29 is 24.2 Å². The number of urea groups is 1. The van der Waals surface area contributed by atoms with Gasteiger partial charge >= 0.3 is 6.03 Å². The molecule has 1 aromatic heterocycles. The van der Waals surface area contributed by atoms with E-state index in [0.717, 1.165) is 18.2 Å². The normalized spacial score (nSPS) is 21.8. The molecule has 9 heteroatoms. The van der Waals surface area contributed by atoms with E-state index in [9.17, 15) is 19.5 Å². The minimum absolute atomic E-state index is 0.0594. The molecular weight excluding hydrogens is 364 g/mol. The summed E-state index contributed by atoms with van der Waals surface area (Å²) >= 11 is 0. The molecule has 28 heavy (non-hydrogen) atoms. The first-order valence-electron chi connectivity index (χ1n) is 9.19. The maximum absolute atomic E-state index is 12.7. The van der Waals surface area contributed by atoms with Gasteiger partial charge in [0.1, 0.15) is 11.3 Å². The van der Waals surface area contributed by atoms with Crippen LogP contribution in [0.4, 0.5) is 4.79 Å². The van der Waals surface area contributed by atoms with E-state index in [1.165, 1.54) is 11.7 Å². The van der Waals surface area contributed by atoms with Gasteiger partial charge in [0.15, 0.2) is 5.88 Å².